The molecule has 1 heterocycles. The summed E-state index contributed by atoms with van der Waals surface area (Å²) < 4.78 is 21.9. The van der Waals surface area contributed by atoms with Crippen LogP contribution in [-0.2, 0) is 0 Å². The molecule has 0 amide bonds. The number of esters is 1. The Hall–Kier alpha value is -3.77. The van der Waals surface area contributed by atoms with Crippen molar-refractivity contribution >= 4 is 29.4 Å². The Morgan fingerprint density at radius 3 is 2.41 bits per heavy atom. The van der Waals surface area contributed by atoms with E-state index < -0.39 is 5.97 Å². The third kappa shape index (κ3) is 4.18. The molecule has 162 valence electrons. The molecule has 3 aromatic carbocycles. The monoisotopic (exact) mass is 450 g/mol. The minimum absolute atomic E-state index is 0.146. The van der Waals surface area contributed by atoms with Crippen LogP contribution in [0.5, 0.6) is 23.0 Å². The van der Waals surface area contributed by atoms with Crippen molar-refractivity contribution in [1.82, 2.24) is 0 Å². The van der Waals surface area contributed by atoms with Crippen LogP contribution in [0.25, 0.3) is 6.08 Å². The van der Waals surface area contributed by atoms with Crippen LogP contribution in [0.1, 0.15) is 31.8 Å². The van der Waals surface area contributed by atoms with E-state index >= 15 is 0 Å². The van der Waals surface area contributed by atoms with Gasteiger partial charge in [-0.3, -0.25) is 4.79 Å². The Kier molecular flexibility index (Phi) is 5.88. The maximum atomic E-state index is 13.0. The number of allylic oxidation sites excluding steroid dienone is 1. The van der Waals surface area contributed by atoms with Crippen LogP contribution in [0.3, 0.4) is 0 Å². The summed E-state index contributed by atoms with van der Waals surface area (Å²) in [7, 11) is 3.10. The number of Topliss-reactive ketones (excluding diaryl/α,β-unsaturated/α-hetero) is 1. The van der Waals surface area contributed by atoms with Crippen LogP contribution in [0.4, 0.5) is 0 Å². The van der Waals surface area contributed by atoms with Crippen molar-refractivity contribution < 1.29 is 28.5 Å². The number of benzene rings is 3. The van der Waals surface area contributed by atoms with E-state index in [1.54, 1.807) is 68.6 Å². The number of hydrogen-bond donors (Lipinski definition) is 0. The fraction of sp³-hybridized carbons (Fsp3) is 0.120. The fourth-order valence-electron chi connectivity index (χ4n) is 3.37. The molecule has 6 nitrogen and oxygen atoms in total. The van der Waals surface area contributed by atoms with Gasteiger partial charge in [0.05, 0.1) is 25.3 Å². The summed E-state index contributed by atoms with van der Waals surface area (Å²) in [5, 5.41) is 0.523. The van der Waals surface area contributed by atoms with E-state index in [0.717, 1.165) is 0 Å². The van der Waals surface area contributed by atoms with E-state index in [1.807, 2.05) is 0 Å². The molecule has 0 N–H and O–H groups in total. The van der Waals surface area contributed by atoms with E-state index in [1.165, 1.54) is 13.2 Å². The Labute approximate surface area is 189 Å². The number of halogens is 1. The van der Waals surface area contributed by atoms with Crippen LogP contribution in [0.2, 0.25) is 5.02 Å². The van der Waals surface area contributed by atoms with Crippen LogP contribution in [0, 0.1) is 6.92 Å². The molecule has 0 spiro atoms. The van der Waals surface area contributed by atoms with Gasteiger partial charge in [-0.05, 0) is 61.0 Å². The standard InChI is InChI=1S/C25H19ClO6/c1-14-10-19(31-25(28)15-4-7-17(26)8-5-15)13-21-23(14)24(27)22(32-21)11-16-6-9-18(29-2)12-20(16)30-3/h4-13H,1-3H3/b22-11-. The number of fused-ring (bicyclic) bond motifs is 1. The average Bonchev–Trinajstić information content (AvgIpc) is 3.09. The number of ether oxygens (including phenoxy) is 4. The molecule has 32 heavy (non-hydrogen) atoms. The average molecular weight is 451 g/mol. The lowest BCUT2D eigenvalue weighted by Gasteiger charge is -2.08. The fourth-order valence-corrected chi connectivity index (χ4v) is 3.49. The number of rotatable bonds is 5. The highest BCUT2D eigenvalue weighted by Gasteiger charge is 2.30. The Bertz CT molecular complexity index is 1240. The molecule has 1 aliphatic rings. The third-order valence-electron chi connectivity index (χ3n) is 4.96. The Morgan fingerprint density at radius 1 is 0.969 bits per heavy atom. The normalized spacial score (nSPS) is 13.5. The minimum Gasteiger partial charge on any atom is -0.497 e. The molecule has 0 saturated heterocycles. The van der Waals surface area contributed by atoms with Gasteiger partial charge in [-0.15, -0.1) is 0 Å². The molecular formula is C25H19ClO6. The lowest BCUT2D eigenvalue weighted by atomic mass is 10.0. The minimum atomic E-state index is -0.538. The van der Waals surface area contributed by atoms with Gasteiger partial charge in [-0.25, -0.2) is 4.79 Å². The van der Waals surface area contributed by atoms with Crippen molar-refractivity contribution in [3.63, 3.8) is 0 Å². The molecule has 3 aromatic rings. The van der Waals surface area contributed by atoms with Crippen LogP contribution >= 0.6 is 11.6 Å². The van der Waals surface area contributed by atoms with Gasteiger partial charge >= 0.3 is 5.97 Å². The maximum absolute atomic E-state index is 13.0. The highest BCUT2D eigenvalue weighted by atomic mass is 35.5. The predicted molar refractivity (Wildman–Crippen MR) is 120 cm³/mol. The molecule has 0 radical (unpaired) electrons. The third-order valence-corrected chi connectivity index (χ3v) is 5.21. The van der Waals surface area contributed by atoms with Gasteiger partial charge in [0.1, 0.15) is 23.0 Å². The van der Waals surface area contributed by atoms with E-state index in [2.05, 4.69) is 0 Å². The molecule has 0 bridgehead atoms. The Balaban J connectivity index is 1.61. The van der Waals surface area contributed by atoms with Crippen molar-refractivity contribution in [1.29, 1.82) is 0 Å². The molecular weight excluding hydrogens is 432 g/mol. The molecule has 0 aliphatic carbocycles. The first-order chi connectivity index (χ1) is 15.4. The number of methoxy groups -OCH3 is 2. The number of ketones is 1. The molecule has 7 heteroatoms. The second-order valence-corrected chi connectivity index (χ2v) is 7.49. The second-order valence-electron chi connectivity index (χ2n) is 7.06. The van der Waals surface area contributed by atoms with Crippen LogP contribution in [-0.4, -0.2) is 26.0 Å². The highest BCUT2D eigenvalue weighted by molar-refractivity contribution is 6.30. The van der Waals surface area contributed by atoms with Crippen molar-refractivity contribution in [2.45, 2.75) is 6.92 Å². The summed E-state index contributed by atoms with van der Waals surface area (Å²) in [6, 6.07) is 14.8. The van der Waals surface area contributed by atoms with E-state index in [-0.39, 0.29) is 17.3 Å². The van der Waals surface area contributed by atoms with Crippen LogP contribution < -0.4 is 18.9 Å². The van der Waals surface area contributed by atoms with Gasteiger partial charge in [0.25, 0.3) is 0 Å². The molecule has 0 atom stereocenters. The molecule has 0 unspecified atom stereocenters. The zero-order valence-corrected chi connectivity index (χ0v) is 18.4. The van der Waals surface area contributed by atoms with Crippen LogP contribution in [0.15, 0.2) is 60.4 Å². The van der Waals surface area contributed by atoms with Crippen molar-refractivity contribution in [2.24, 2.45) is 0 Å². The Morgan fingerprint density at radius 2 is 1.72 bits per heavy atom. The number of aryl methyl sites for hydroxylation is 1. The summed E-state index contributed by atoms with van der Waals surface area (Å²) in [6.45, 7) is 1.76. The summed E-state index contributed by atoms with van der Waals surface area (Å²) in [5.74, 6) is 1.13. The number of hydrogen-bond acceptors (Lipinski definition) is 6. The number of carbonyl (C=O) groups excluding carboxylic acids is 2. The predicted octanol–water partition coefficient (Wildman–Crippen LogP) is 5.50. The van der Waals surface area contributed by atoms with Gasteiger partial charge in [-0.2, -0.15) is 0 Å². The van der Waals surface area contributed by atoms with E-state index in [4.69, 9.17) is 30.5 Å². The summed E-state index contributed by atoms with van der Waals surface area (Å²) in [5.41, 5.74) is 2.08. The smallest absolute Gasteiger partial charge is 0.343 e. The molecule has 0 saturated carbocycles. The molecule has 1 aliphatic heterocycles. The van der Waals surface area contributed by atoms with Gasteiger partial charge in [-0.1, -0.05) is 11.6 Å². The lowest BCUT2D eigenvalue weighted by molar-refractivity contribution is 0.0734. The van der Waals surface area contributed by atoms with Gasteiger partial charge < -0.3 is 18.9 Å². The zero-order chi connectivity index (χ0) is 22.8. The first kappa shape index (κ1) is 21.5. The van der Waals surface area contributed by atoms with Gasteiger partial charge in [0, 0.05) is 22.7 Å². The highest BCUT2D eigenvalue weighted by Crippen LogP contribution is 2.38. The van der Waals surface area contributed by atoms with Crippen molar-refractivity contribution in [3.05, 3.63) is 87.6 Å². The SMILES string of the molecule is COc1ccc(/C=C2\Oc3cc(OC(=O)c4ccc(Cl)cc4)cc(C)c3C2=O)c(OC)c1. The largest absolute Gasteiger partial charge is 0.497 e. The summed E-state index contributed by atoms with van der Waals surface area (Å²) in [4.78, 5) is 25.4. The second kappa shape index (κ2) is 8.77. The summed E-state index contributed by atoms with van der Waals surface area (Å²) >= 11 is 5.86. The zero-order valence-electron chi connectivity index (χ0n) is 17.6. The van der Waals surface area contributed by atoms with Gasteiger partial charge in [0.2, 0.25) is 5.78 Å². The summed E-state index contributed by atoms with van der Waals surface area (Å²) in [6.07, 6.45) is 1.61. The first-order valence-electron chi connectivity index (χ1n) is 9.68. The lowest BCUT2D eigenvalue weighted by Crippen LogP contribution is -2.08. The molecule has 4 rings (SSSR count). The molecule has 0 aromatic heterocycles. The van der Waals surface area contributed by atoms with Crippen molar-refractivity contribution in [3.8, 4) is 23.0 Å². The number of carbonyl (C=O) groups is 2. The quantitative estimate of drug-likeness (QED) is 0.290. The first-order valence-corrected chi connectivity index (χ1v) is 10.1. The topological polar surface area (TPSA) is 71.1 Å². The maximum Gasteiger partial charge on any atom is 0.343 e. The van der Waals surface area contributed by atoms with Gasteiger partial charge in [0.15, 0.2) is 5.76 Å². The van der Waals surface area contributed by atoms with Crippen molar-refractivity contribution in [2.75, 3.05) is 14.2 Å². The molecule has 0 fully saturated rings. The van der Waals surface area contributed by atoms with E-state index in [9.17, 15) is 9.59 Å². The van der Waals surface area contributed by atoms with E-state index in [0.29, 0.717) is 44.5 Å².